The molecule has 0 aromatic heterocycles. The van der Waals surface area contributed by atoms with Gasteiger partial charge in [-0.2, -0.15) is 5.10 Å². The van der Waals surface area contributed by atoms with E-state index >= 15 is 0 Å². The van der Waals surface area contributed by atoms with Gasteiger partial charge in [0.2, 0.25) is 0 Å². The van der Waals surface area contributed by atoms with Crippen molar-refractivity contribution in [2.24, 2.45) is 5.10 Å². The van der Waals surface area contributed by atoms with E-state index in [0.29, 0.717) is 21.3 Å². The number of hydrazone groups is 1. The van der Waals surface area contributed by atoms with E-state index < -0.39 is 11.6 Å². The summed E-state index contributed by atoms with van der Waals surface area (Å²) in [6.07, 6.45) is 0. The highest BCUT2D eigenvalue weighted by molar-refractivity contribution is 6.36. The van der Waals surface area contributed by atoms with Crippen molar-refractivity contribution < 1.29 is 8.78 Å². The first-order chi connectivity index (χ1) is 9.47. The van der Waals surface area contributed by atoms with Crippen LogP contribution in [0.1, 0.15) is 12.5 Å². The van der Waals surface area contributed by atoms with Crippen LogP contribution in [0.25, 0.3) is 0 Å². The average molecular weight is 315 g/mol. The van der Waals surface area contributed by atoms with Crippen molar-refractivity contribution in [3.63, 3.8) is 0 Å². The largest absolute Gasteiger partial charge is 0.275 e. The minimum atomic E-state index is -0.723. The van der Waals surface area contributed by atoms with Crippen LogP contribution in [-0.2, 0) is 0 Å². The normalized spacial score (nSPS) is 11.6. The highest BCUT2D eigenvalue weighted by Crippen LogP contribution is 2.22. The first-order valence-corrected chi connectivity index (χ1v) is 6.44. The van der Waals surface area contributed by atoms with Gasteiger partial charge in [-0.15, -0.1) is 0 Å². The number of nitrogens with one attached hydrogen (secondary N) is 1. The fraction of sp³-hybridized carbons (Fsp3) is 0.0714. The molecular formula is C14H10Cl2F2N2. The van der Waals surface area contributed by atoms with Crippen molar-refractivity contribution in [1.29, 1.82) is 0 Å². The molecular weight excluding hydrogens is 305 g/mol. The minimum absolute atomic E-state index is 0.0731. The van der Waals surface area contributed by atoms with Crippen LogP contribution in [0.2, 0.25) is 10.0 Å². The lowest BCUT2D eigenvalue weighted by Gasteiger charge is -2.06. The molecule has 2 aromatic carbocycles. The molecule has 0 radical (unpaired) electrons. The molecule has 0 fully saturated rings. The van der Waals surface area contributed by atoms with Crippen LogP contribution in [-0.4, -0.2) is 5.71 Å². The highest BCUT2D eigenvalue weighted by Gasteiger charge is 2.06. The molecule has 0 atom stereocenters. The second kappa shape index (κ2) is 6.20. The van der Waals surface area contributed by atoms with Crippen molar-refractivity contribution >= 4 is 34.6 Å². The molecule has 0 aliphatic heterocycles. The number of hydrogen-bond acceptors (Lipinski definition) is 2. The summed E-state index contributed by atoms with van der Waals surface area (Å²) in [5.41, 5.74) is 3.77. The predicted octanol–water partition coefficient (Wildman–Crippen LogP) is 5.11. The van der Waals surface area contributed by atoms with Crippen LogP contribution in [0.4, 0.5) is 14.5 Å². The lowest BCUT2D eigenvalue weighted by molar-refractivity contribution is 0.585. The van der Waals surface area contributed by atoms with Crippen molar-refractivity contribution in [2.75, 3.05) is 5.43 Å². The van der Waals surface area contributed by atoms with Crippen molar-refractivity contribution in [3.05, 3.63) is 63.6 Å². The van der Waals surface area contributed by atoms with Crippen molar-refractivity contribution in [3.8, 4) is 0 Å². The number of anilines is 1. The van der Waals surface area contributed by atoms with Gasteiger partial charge in [0.15, 0.2) is 5.82 Å². The smallest absolute Gasteiger partial charge is 0.151 e. The summed E-state index contributed by atoms with van der Waals surface area (Å²) in [6.45, 7) is 1.70. The first kappa shape index (κ1) is 14.8. The fourth-order valence-electron chi connectivity index (χ4n) is 1.56. The lowest BCUT2D eigenvalue weighted by atomic mass is 10.1. The third kappa shape index (κ3) is 3.46. The monoisotopic (exact) mass is 314 g/mol. The summed E-state index contributed by atoms with van der Waals surface area (Å²) >= 11 is 11.9. The molecule has 0 amide bonds. The molecule has 0 saturated carbocycles. The van der Waals surface area contributed by atoms with Crippen molar-refractivity contribution in [2.45, 2.75) is 6.92 Å². The molecule has 0 bridgehead atoms. The molecule has 0 aliphatic carbocycles. The molecule has 0 heterocycles. The zero-order chi connectivity index (χ0) is 14.7. The van der Waals surface area contributed by atoms with Crippen LogP contribution >= 0.6 is 23.2 Å². The zero-order valence-electron chi connectivity index (χ0n) is 10.4. The number of benzene rings is 2. The Kier molecular flexibility index (Phi) is 4.57. The second-order valence-corrected chi connectivity index (χ2v) is 4.90. The van der Waals surface area contributed by atoms with E-state index in [9.17, 15) is 8.78 Å². The van der Waals surface area contributed by atoms with Crippen molar-refractivity contribution in [1.82, 2.24) is 0 Å². The van der Waals surface area contributed by atoms with Crippen LogP contribution in [0, 0.1) is 11.6 Å². The van der Waals surface area contributed by atoms with Gasteiger partial charge in [0.25, 0.3) is 0 Å². The Balaban J connectivity index is 2.24. The topological polar surface area (TPSA) is 24.4 Å². The van der Waals surface area contributed by atoms with Gasteiger partial charge in [-0.25, -0.2) is 8.78 Å². The quantitative estimate of drug-likeness (QED) is 0.618. The second-order valence-electron chi connectivity index (χ2n) is 4.06. The van der Waals surface area contributed by atoms with E-state index in [4.69, 9.17) is 23.2 Å². The highest BCUT2D eigenvalue weighted by atomic mass is 35.5. The Hall–Kier alpha value is -1.65. The van der Waals surface area contributed by atoms with Gasteiger partial charge >= 0.3 is 0 Å². The third-order valence-electron chi connectivity index (χ3n) is 2.59. The average Bonchev–Trinajstić information content (AvgIpc) is 2.40. The standard InChI is InChI=1S/C14H10Cl2F2N2/c1-8(11-6-9(15)2-4-12(11)16)19-20-14-5-3-10(17)7-13(14)18/h2-7,20H,1H3/b19-8+. The molecule has 104 valence electrons. The zero-order valence-corrected chi connectivity index (χ0v) is 11.9. The fourth-order valence-corrected chi connectivity index (χ4v) is 1.99. The van der Waals surface area contributed by atoms with Gasteiger partial charge in [0, 0.05) is 21.7 Å². The van der Waals surface area contributed by atoms with Crippen LogP contribution in [0.3, 0.4) is 0 Å². The Labute approximate surface area is 125 Å². The lowest BCUT2D eigenvalue weighted by Crippen LogP contribution is -2.02. The molecule has 0 spiro atoms. The summed E-state index contributed by atoms with van der Waals surface area (Å²) in [5, 5.41) is 5.02. The SMILES string of the molecule is C/C(=N\Nc1ccc(F)cc1F)c1cc(Cl)ccc1Cl. The van der Waals surface area contributed by atoms with E-state index in [1.54, 1.807) is 25.1 Å². The third-order valence-corrected chi connectivity index (χ3v) is 3.16. The van der Waals surface area contributed by atoms with Gasteiger partial charge in [-0.3, -0.25) is 5.43 Å². The Morgan fingerprint density at radius 3 is 2.55 bits per heavy atom. The Morgan fingerprint density at radius 1 is 1.10 bits per heavy atom. The molecule has 2 nitrogen and oxygen atoms in total. The number of hydrogen-bond donors (Lipinski definition) is 1. The van der Waals surface area contributed by atoms with Gasteiger partial charge in [-0.1, -0.05) is 23.2 Å². The number of rotatable bonds is 3. The van der Waals surface area contributed by atoms with Gasteiger partial charge in [0.1, 0.15) is 5.82 Å². The van der Waals surface area contributed by atoms with Gasteiger partial charge in [0.05, 0.1) is 11.4 Å². The maximum atomic E-state index is 13.4. The molecule has 0 unspecified atom stereocenters. The summed E-state index contributed by atoms with van der Waals surface area (Å²) in [6, 6.07) is 8.15. The van der Waals surface area contributed by atoms with E-state index in [0.717, 1.165) is 12.1 Å². The molecule has 1 N–H and O–H groups in total. The first-order valence-electron chi connectivity index (χ1n) is 5.68. The van der Waals surface area contributed by atoms with E-state index in [1.807, 2.05) is 0 Å². The number of halogens is 4. The van der Waals surface area contributed by atoms with Gasteiger partial charge in [-0.05, 0) is 37.3 Å². The molecule has 6 heteroatoms. The summed E-state index contributed by atoms with van der Waals surface area (Å²) in [7, 11) is 0. The predicted molar refractivity (Wildman–Crippen MR) is 78.7 cm³/mol. The molecule has 20 heavy (non-hydrogen) atoms. The molecule has 2 aromatic rings. The Morgan fingerprint density at radius 2 is 1.85 bits per heavy atom. The van der Waals surface area contributed by atoms with Crippen LogP contribution in [0.15, 0.2) is 41.5 Å². The summed E-state index contributed by atoms with van der Waals surface area (Å²) in [4.78, 5) is 0. The number of nitrogens with zero attached hydrogens (tertiary/aromatic N) is 1. The molecule has 0 aliphatic rings. The molecule has 0 saturated heterocycles. The minimum Gasteiger partial charge on any atom is -0.275 e. The van der Waals surface area contributed by atoms with Gasteiger partial charge < -0.3 is 0 Å². The van der Waals surface area contributed by atoms with E-state index in [2.05, 4.69) is 10.5 Å². The van der Waals surface area contributed by atoms with Crippen LogP contribution in [0.5, 0.6) is 0 Å². The summed E-state index contributed by atoms with van der Waals surface area (Å²) < 4.78 is 26.2. The maximum absolute atomic E-state index is 13.4. The van der Waals surface area contributed by atoms with E-state index in [-0.39, 0.29) is 5.69 Å². The maximum Gasteiger partial charge on any atom is 0.151 e. The molecule has 2 rings (SSSR count). The summed E-state index contributed by atoms with van der Waals surface area (Å²) in [5.74, 6) is -1.37. The Bertz CT molecular complexity index is 672. The van der Waals surface area contributed by atoms with Crippen LogP contribution < -0.4 is 5.43 Å². The van der Waals surface area contributed by atoms with E-state index in [1.165, 1.54) is 6.07 Å².